The third-order valence-corrected chi connectivity index (χ3v) is 3.33. The lowest BCUT2D eigenvalue weighted by Gasteiger charge is -2.41. The summed E-state index contributed by atoms with van der Waals surface area (Å²) in [5, 5.41) is 18.8. The molecule has 0 saturated heterocycles. The highest BCUT2D eigenvalue weighted by molar-refractivity contribution is 9.10. The van der Waals surface area contributed by atoms with Crippen LogP contribution in [-0.2, 0) is 11.2 Å². The summed E-state index contributed by atoms with van der Waals surface area (Å²) >= 11 is 3.31. The first kappa shape index (κ1) is 11.5. The largest absolute Gasteiger partial charge is 0.481 e. The van der Waals surface area contributed by atoms with Crippen molar-refractivity contribution < 1.29 is 15.0 Å². The highest BCUT2D eigenvalue weighted by Crippen LogP contribution is 2.40. The fourth-order valence-corrected chi connectivity index (χ4v) is 2.52. The van der Waals surface area contributed by atoms with Gasteiger partial charge in [0.2, 0.25) is 0 Å². The number of aromatic nitrogens is 1. The van der Waals surface area contributed by atoms with Crippen molar-refractivity contribution in [1.29, 1.82) is 0 Å². The summed E-state index contributed by atoms with van der Waals surface area (Å²) in [7, 11) is 0. The molecule has 0 atom stereocenters. The van der Waals surface area contributed by atoms with Gasteiger partial charge in [0, 0.05) is 23.3 Å². The van der Waals surface area contributed by atoms with E-state index in [1.54, 1.807) is 12.4 Å². The van der Waals surface area contributed by atoms with Gasteiger partial charge in [0.05, 0.1) is 11.5 Å². The second kappa shape index (κ2) is 4.14. The van der Waals surface area contributed by atoms with Gasteiger partial charge in [-0.3, -0.25) is 9.78 Å². The van der Waals surface area contributed by atoms with Gasteiger partial charge in [0.1, 0.15) is 0 Å². The molecule has 0 aromatic carbocycles. The monoisotopic (exact) mass is 285 g/mol. The van der Waals surface area contributed by atoms with Crippen LogP contribution in [0.3, 0.4) is 0 Å². The third kappa shape index (κ3) is 2.41. The molecule has 0 radical (unpaired) electrons. The molecule has 1 aromatic rings. The molecule has 1 saturated carbocycles. The summed E-state index contributed by atoms with van der Waals surface area (Å²) in [4.78, 5) is 14.7. The van der Waals surface area contributed by atoms with Crippen molar-refractivity contribution in [3.05, 3.63) is 28.5 Å². The highest BCUT2D eigenvalue weighted by atomic mass is 79.9. The maximum atomic E-state index is 10.6. The average Bonchev–Trinajstić information content (AvgIpc) is 2.13. The number of aliphatic carboxylic acids is 1. The van der Waals surface area contributed by atoms with E-state index < -0.39 is 17.5 Å². The molecule has 2 N–H and O–H groups in total. The average molecular weight is 286 g/mol. The van der Waals surface area contributed by atoms with Crippen LogP contribution in [0.25, 0.3) is 0 Å². The van der Waals surface area contributed by atoms with Gasteiger partial charge < -0.3 is 10.2 Å². The van der Waals surface area contributed by atoms with E-state index in [-0.39, 0.29) is 0 Å². The first-order chi connectivity index (χ1) is 7.48. The quantitative estimate of drug-likeness (QED) is 0.885. The van der Waals surface area contributed by atoms with Crippen LogP contribution < -0.4 is 0 Å². The van der Waals surface area contributed by atoms with Crippen molar-refractivity contribution in [3.63, 3.8) is 0 Å². The van der Waals surface area contributed by atoms with Crippen LogP contribution in [0.5, 0.6) is 0 Å². The molecule has 0 unspecified atom stereocenters. The molecule has 16 heavy (non-hydrogen) atoms. The number of rotatable bonds is 3. The molecule has 4 nitrogen and oxygen atoms in total. The summed E-state index contributed by atoms with van der Waals surface area (Å²) in [6.07, 6.45) is 4.48. The van der Waals surface area contributed by atoms with E-state index in [9.17, 15) is 9.90 Å². The van der Waals surface area contributed by atoms with Crippen molar-refractivity contribution >= 4 is 21.9 Å². The Balaban J connectivity index is 1.99. The second-order valence-electron chi connectivity index (χ2n) is 4.36. The second-order valence-corrected chi connectivity index (χ2v) is 5.27. The first-order valence-electron chi connectivity index (χ1n) is 5.03. The highest BCUT2D eigenvalue weighted by Gasteiger charge is 2.46. The number of halogens is 1. The first-order valence-corrected chi connectivity index (χ1v) is 5.82. The molecule has 0 amide bonds. The molecule has 0 aliphatic heterocycles. The van der Waals surface area contributed by atoms with E-state index >= 15 is 0 Å². The topological polar surface area (TPSA) is 70.4 Å². The van der Waals surface area contributed by atoms with Crippen LogP contribution in [0.4, 0.5) is 0 Å². The van der Waals surface area contributed by atoms with E-state index in [4.69, 9.17) is 5.11 Å². The maximum absolute atomic E-state index is 10.6. The Bertz CT molecular complexity index is 415. The molecule has 1 aromatic heterocycles. The van der Waals surface area contributed by atoms with Crippen LogP contribution in [0.15, 0.2) is 22.9 Å². The lowest BCUT2D eigenvalue weighted by Crippen LogP contribution is -2.48. The molecular formula is C11H12BrNO3. The molecular weight excluding hydrogens is 274 g/mol. The summed E-state index contributed by atoms with van der Waals surface area (Å²) < 4.78 is 0.864. The van der Waals surface area contributed by atoms with Gasteiger partial charge in [0.15, 0.2) is 0 Å². The molecule has 1 aliphatic rings. The number of carbonyl (C=O) groups is 1. The van der Waals surface area contributed by atoms with Gasteiger partial charge in [-0.1, -0.05) is 0 Å². The van der Waals surface area contributed by atoms with Crippen LogP contribution in [0.2, 0.25) is 0 Å². The third-order valence-electron chi connectivity index (χ3n) is 2.90. The molecule has 1 aliphatic carbocycles. The molecule has 2 rings (SSSR count). The lowest BCUT2D eigenvalue weighted by atomic mass is 9.68. The van der Waals surface area contributed by atoms with E-state index in [0.717, 1.165) is 10.0 Å². The number of hydrogen-bond donors (Lipinski definition) is 2. The van der Waals surface area contributed by atoms with Crippen LogP contribution in [0.1, 0.15) is 18.4 Å². The summed E-state index contributed by atoms with van der Waals surface area (Å²) in [5.74, 6) is -1.22. The number of nitrogens with zero attached hydrogens (tertiary/aromatic N) is 1. The fraction of sp³-hybridized carbons (Fsp3) is 0.455. The molecule has 0 spiro atoms. The van der Waals surface area contributed by atoms with Gasteiger partial charge in [-0.2, -0.15) is 0 Å². The number of aliphatic hydroxyl groups is 1. The summed E-state index contributed by atoms with van der Waals surface area (Å²) in [5.41, 5.74) is 0.0478. The smallest absolute Gasteiger partial charge is 0.306 e. The van der Waals surface area contributed by atoms with Crippen molar-refractivity contribution in [1.82, 2.24) is 4.98 Å². The number of pyridine rings is 1. The zero-order valence-electron chi connectivity index (χ0n) is 8.56. The zero-order valence-corrected chi connectivity index (χ0v) is 10.1. The van der Waals surface area contributed by atoms with Crippen molar-refractivity contribution in [3.8, 4) is 0 Å². The van der Waals surface area contributed by atoms with Crippen LogP contribution in [-0.4, -0.2) is 26.8 Å². The summed E-state index contributed by atoms with van der Waals surface area (Å²) in [6.45, 7) is 0. The number of hydrogen-bond acceptors (Lipinski definition) is 3. The Morgan fingerprint density at radius 3 is 2.81 bits per heavy atom. The van der Waals surface area contributed by atoms with Crippen molar-refractivity contribution in [2.45, 2.75) is 24.9 Å². The number of carboxylic acids is 1. The Kier molecular flexibility index (Phi) is 2.99. The van der Waals surface area contributed by atoms with Crippen molar-refractivity contribution in [2.24, 2.45) is 5.92 Å². The van der Waals surface area contributed by atoms with Gasteiger partial charge in [-0.25, -0.2) is 0 Å². The minimum absolute atomic E-state index is 0.328. The Morgan fingerprint density at radius 2 is 2.25 bits per heavy atom. The zero-order chi connectivity index (χ0) is 11.8. The van der Waals surface area contributed by atoms with E-state index in [1.165, 1.54) is 0 Å². The molecule has 86 valence electrons. The lowest BCUT2D eigenvalue weighted by molar-refractivity contribution is -0.158. The summed E-state index contributed by atoms with van der Waals surface area (Å²) in [6, 6.07) is 1.89. The van der Waals surface area contributed by atoms with Crippen LogP contribution in [0, 0.1) is 5.92 Å². The van der Waals surface area contributed by atoms with E-state index in [2.05, 4.69) is 20.9 Å². The van der Waals surface area contributed by atoms with Crippen LogP contribution >= 0.6 is 15.9 Å². The Morgan fingerprint density at radius 1 is 1.56 bits per heavy atom. The minimum Gasteiger partial charge on any atom is -0.481 e. The Hall–Kier alpha value is -0.940. The van der Waals surface area contributed by atoms with Gasteiger partial charge in [-0.15, -0.1) is 0 Å². The molecule has 1 fully saturated rings. The minimum atomic E-state index is -0.870. The molecule has 0 bridgehead atoms. The molecule has 1 heterocycles. The predicted molar refractivity (Wildman–Crippen MR) is 61.0 cm³/mol. The van der Waals surface area contributed by atoms with Crippen molar-refractivity contribution in [2.75, 3.05) is 0 Å². The van der Waals surface area contributed by atoms with E-state index in [1.807, 2.05) is 6.07 Å². The van der Waals surface area contributed by atoms with Gasteiger partial charge >= 0.3 is 5.97 Å². The maximum Gasteiger partial charge on any atom is 0.306 e. The van der Waals surface area contributed by atoms with Gasteiger partial charge in [0.25, 0.3) is 0 Å². The predicted octanol–water partition coefficient (Wildman–Crippen LogP) is 1.61. The SMILES string of the molecule is O=C(O)C1CC(O)(Cc2cncc(Br)c2)C1. The number of carboxylic acid groups (broad SMARTS) is 1. The molecule has 5 heteroatoms. The van der Waals surface area contributed by atoms with E-state index in [0.29, 0.717) is 19.3 Å². The Labute approximate surface area is 101 Å². The standard InChI is InChI=1S/C11H12BrNO3/c12-9-1-7(5-13-6-9)2-11(16)3-8(4-11)10(14)15/h1,5-6,8,16H,2-4H2,(H,14,15). The normalized spacial score (nSPS) is 28.5. The fourth-order valence-electron chi connectivity index (χ4n) is 2.11. The van der Waals surface area contributed by atoms with Gasteiger partial charge in [-0.05, 0) is 40.4 Å².